The van der Waals surface area contributed by atoms with Crippen molar-refractivity contribution in [3.05, 3.63) is 12.2 Å². The third kappa shape index (κ3) is 5.73. The van der Waals surface area contributed by atoms with Crippen LogP contribution in [-0.2, 0) is 0 Å². The van der Waals surface area contributed by atoms with Crippen molar-refractivity contribution in [1.82, 2.24) is 20.3 Å². The first-order valence-electron chi connectivity index (χ1n) is 8.13. The van der Waals surface area contributed by atoms with Crippen LogP contribution >= 0.6 is 23.2 Å². The largest absolute Gasteiger partial charge is 0.353 e. The average molecular weight is 360 g/mol. The van der Waals surface area contributed by atoms with Gasteiger partial charge in [0.1, 0.15) is 12.2 Å². The van der Waals surface area contributed by atoms with Gasteiger partial charge in [0.15, 0.2) is 0 Å². The summed E-state index contributed by atoms with van der Waals surface area (Å²) in [5, 5.41) is 6.84. The molecule has 7 heteroatoms. The van der Waals surface area contributed by atoms with E-state index in [1.54, 1.807) is 6.33 Å². The van der Waals surface area contributed by atoms with Crippen LogP contribution in [0.25, 0.3) is 0 Å². The van der Waals surface area contributed by atoms with Gasteiger partial charge in [0.05, 0.1) is 5.38 Å². The number of rotatable bonds is 6. The van der Waals surface area contributed by atoms with Crippen LogP contribution in [0.2, 0.25) is 0 Å². The zero-order valence-corrected chi connectivity index (χ0v) is 15.9. The van der Waals surface area contributed by atoms with Crippen LogP contribution < -0.4 is 10.6 Å². The first-order chi connectivity index (χ1) is 10.7. The van der Waals surface area contributed by atoms with Gasteiger partial charge in [-0.1, -0.05) is 0 Å². The highest BCUT2D eigenvalue weighted by Crippen LogP contribution is 2.37. The molecular formula is C16H27Cl2N5. The lowest BCUT2D eigenvalue weighted by Gasteiger charge is -2.46. The van der Waals surface area contributed by atoms with Crippen molar-refractivity contribution in [3.8, 4) is 0 Å². The molecule has 130 valence electrons. The van der Waals surface area contributed by atoms with Crippen LogP contribution in [0.15, 0.2) is 6.33 Å². The second-order valence-electron chi connectivity index (χ2n) is 7.62. The lowest BCUT2D eigenvalue weighted by molar-refractivity contribution is 0.158. The second-order valence-corrected chi connectivity index (χ2v) is 8.62. The summed E-state index contributed by atoms with van der Waals surface area (Å²) in [5.74, 6) is 2.31. The summed E-state index contributed by atoms with van der Waals surface area (Å²) in [6.45, 7) is 9.51. The van der Waals surface area contributed by atoms with Crippen molar-refractivity contribution >= 4 is 29.2 Å². The molecule has 0 aromatic carbocycles. The van der Waals surface area contributed by atoms with Crippen LogP contribution in [0.4, 0.5) is 5.95 Å². The number of anilines is 1. The maximum atomic E-state index is 6.17. The van der Waals surface area contributed by atoms with Gasteiger partial charge in [0.25, 0.3) is 0 Å². The molecular weight excluding hydrogens is 333 g/mol. The van der Waals surface area contributed by atoms with Gasteiger partial charge in [0, 0.05) is 29.4 Å². The number of piperidine rings is 1. The lowest BCUT2D eigenvalue weighted by atomic mass is 9.75. The second kappa shape index (κ2) is 7.49. The Balaban J connectivity index is 2.07. The minimum absolute atomic E-state index is 0.0236. The monoisotopic (exact) mass is 359 g/mol. The standard InChI is InChI=1S/C16H27Cl2N5/c1-15(2)7-11(8-16(3,4)23-15)13-20-10-21-14(22-13)19-9-12(18)5-6-17/h10-12,23H,5-9H2,1-4H3,(H,19,20,21,22). The van der Waals surface area contributed by atoms with Crippen molar-refractivity contribution in [2.75, 3.05) is 17.7 Å². The van der Waals surface area contributed by atoms with E-state index >= 15 is 0 Å². The van der Waals surface area contributed by atoms with E-state index in [1.165, 1.54) is 0 Å². The molecule has 0 radical (unpaired) electrons. The Morgan fingerprint density at radius 3 is 2.52 bits per heavy atom. The fraction of sp³-hybridized carbons (Fsp3) is 0.812. The number of hydrogen-bond acceptors (Lipinski definition) is 5. The number of aromatic nitrogens is 3. The van der Waals surface area contributed by atoms with E-state index in [9.17, 15) is 0 Å². The highest BCUT2D eigenvalue weighted by molar-refractivity contribution is 6.22. The van der Waals surface area contributed by atoms with E-state index in [0.29, 0.717) is 24.3 Å². The number of halogens is 2. The third-order valence-electron chi connectivity index (χ3n) is 4.05. The Morgan fingerprint density at radius 1 is 1.26 bits per heavy atom. The predicted molar refractivity (Wildman–Crippen MR) is 96.6 cm³/mol. The molecule has 0 amide bonds. The van der Waals surface area contributed by atoms with E-state index in [4.69, 9.17) is 23.2 Å². The van der Waals surface area contributed by atoms with Gasteiger partial charge in [-0.2, -0.15) is 4.98 Å². The fourth-order valence-electron chi connectivity index (χ4n) is 3.52. The topological polar surface area (TPSA) is 62.7 Å². The molecule has 0 saturated carbocycles. The first kappa shape index (κ1) is 18.7. The number of nitrogens with one attached hydrogen (secondary N) is 2. The van der Waals surface area contributed by atoms with Crippen LogP contribution in [-0.4, -0.2) is 43.8 Å². The van der Waals surface area contributed by atoms with Crippen molar-refractivity contribution < 1.29 is 0 Å². The van der Waals surface area contributed by atoms with Gasteiger partial charge < -0.3 is 10.6 Å². The van der Waals surface area contributed by atoms with Crippen molar-refractivity contribution in [1.29, 1.82) is 0 Å². The molecule has 23 heavy (non-hydrogen) atoms. The molecule has 1 atom stereocenters. The molecule has 1 saturated heterocycles. The number of nitrogens with zero attached hydrogens (tertiary/aromatic N) is 3. The predicted octanol–water partition coefficient (Wildman–Crippen LogP) is 3.54. The summed E-state index contributed by atoms with van der Waals surface area (Å²) in [6, 6.07) is 0. The molecule has 2 N–H and O–H groups in total. The van der Waals surface area contributed by atoms with Crippen molar-refractivity contribution in [3.63, 3.8) is 0 Å². The van der Waals surface area contributed by atoms with E-state index in [2.05, 4.69) is 53.3 Å². The van der Waals surface area contributed by atoms with Crippen molar-refractivity contribution in [2.45, 2.75) is 69.3 Å². The highest BCUT2D eigenvalue weighted by atomic mass is 35.5. The van der Waals surface area contributed by atoms with Crippen LogP contribution in [0, 0.1) is 0 Å². The van der Waals surface area contributed by atoms with Crippen LogP contribution in [0.5, 0.6) is 0 Å². The fourth-order valence-corrected chi connectivity index (χ4v) is 4.08. The van der Waals surface area contributed by atoms with Gasteiger partial charge in [-0.25, -0.2) is 9.97 Å². The molecule has 0 aliphatic carbocycles. The van der Waals surface area contributed by atoms with Gasteiger partial charge in [-0.15, -0.1) is 23.2 Å². The zero-order chi connectivity index (χ0) is 17.1. The molecule has 2 heterocycles. The summed E-state index contributed by atoms with van der Waals surface area (Å²) in [5.41, 5.74) is 0.127. The normalized spacial score (nSPS) is 21.8. The van der Waals surface area contributed by atoms with E-state index in [-0.39, 0.29) is 16.5 Å². The molecule has 1 unspecified atom stereocenters. The van der Waals surface area contributed by atoms with Gasteiger partial charge in [0.2, 0.25) is 5.95 Å². The molecule has 0 spiro atoms. The molecule has 5 nitrogen and oxygen atoms in total. The Labute approximate surface area is 149 Å². The van der Waals surface area contributed by atoms with Crippen LogP contribution in [0.1, 0.15) is 58.7 Å². The number of hydrogen-bond donors (Lipinski definition) is 2. The Bertz CT molecular complexity index is 505. The Hall–Kier alpha value is -0.650. The summed E-state index contributed by atoms with van der Waals surface area (Å²) >= 11 is 11.9. The summed E-state index contributed by atoms with van der Waals surface area (Å²) in [4.78, 5) is 13.2. The molecule has 1 aromatic rings. The quantitative estimate of drug-likeness (QED) is 0.760. The Kier molecular flexibility index (Phi) is 6.09. The van der Waals surface area contributed by atoms with Crippen LogP contribution in [0.3, 0.4) is 0 Å². The smallest absolute Gasteiger partial charge is 0.225 e. The highest BCUT2D eigenvalue weighted by Gasteiger charge is 2.39. The van der Waals surface area contributed by atoms with E-state index in [1.807, 2.05) is 0 Å². The molecule has 1 fully saturated rings. The average Bonchev–Trinajstić information content (AvgIpc) is 2.42. The minimum atomic E-state index is -0.0236. The van der Waals surface area contributed by atoms with Gasteiger partial charge >= 0.3 is 0 Å². The maximum absolute atomic E-state index is 6.17. The SMILES string of the molecule is CC1(C)CC(c2ncnc(NCC(Cl)CCCl)n2)CC(C)(C)N1. The van der Waals surface area contributed by atoms with E-state index < -0.39 is 0 Å². The molecule has 0 bridgehead atoms. The number of alkyl halides is 2. The Morgan fingerprint density at radius 2 is 1.91 bits per heavy atom. The third-order valence-corrected chi connectivity index (χ3v) is 4.64. The minimum Gasteiger partial charge on any atom is -0.353 e. The molecule has 1 aliphatic heterocycles. The molecule has 2 rings (SSSR count). The lowest BCUT2D eigenvalue weighted by Crippen LogP contribution is -2.57. The zero-order valence-electron chi connectivity index (χ0n) is 14.4. The summed E-state index contributed by atoms with van der Waals surface area (Å²) in [7, 11) is 0. The maximum Gasteiger partial charge on any atom is 0.225 e. The van der Waals surface area contributed by atoms with Gasteiger partial charge in [-0.05, 0) is 47.0 Å². The molecule has 1 aromatic heterocycles. The molecule has 1 aliphatic rings. The first-order valence-corrected chi connectivity index (χ1v) is 9.10. The summed E-state index contributed by atoms with van der Waals surface area (Å²) in [6.07, 6.45) is 4.34. The van der Waals surface area contributed by atoms with Gasteiger partial charge in [-0.3, -0.25) is 0 Å². The summed E-state index contributed by atoms with van der Waals surface area (Å²) < 4.78 is 0. The van der Waals surface area contributed by atoms with Crippen molar-refractivity contribution in [2.24, 2.45) is 0 Å². The van der Waals surface area contributed by atoms with E-state index in [0.717, 1.165) is 25.1 Å².